The van der Waals surface area contributed by atoms with Crippen molar-refractivity contribution in [3.05, 3.63) is 24.3 Å². The molecule has 0 amide bonds. The minimum Gasteiger partial charge on any atom is -0.496 e. The van der Waals surface area contributed by atoms with Crippen LogP contribution in [0.5, 0.6) is 5.75 Å². The third kappa shape index (κ3) is 2.73. The number of benzene rings is 1. The Kier molecular flexibility index (Phi) is 3.71. The summed E-state index contributed by atoms with van der Waals surface area (Å²) in [6.45, 7) is -0.483. The molecule has 2 rings (SSSR count). The standard InChI is InChI=1S/C11H12F2N4O/c1-18-8-5-3-2-4-7(8)10-15-11(17-16-10)14-6-9(12)13/h2-5,9H,6H2,1H3,(H2,14,15,16,17). The van der Waals surface area contributed by atoms with Gasteiger partial charge in [0.15, 0.2) is 5.82 Å². The largest absolute Gasteiger partial charge is 0.496 e. The van der Waals surface area contributed by atoms with Crippen molar-refractivity contribution in [1.82, 2.24) is 15.2 Å². The number of ether oxygens (including phenoxy) is 1. The van der Waals surface area contributed by atoms with E-state index in [2.05, 4.69) is 20.5 Å². The summed E-state index contributed by atoms with van der Waals surface area (Å²) in [4.78, 5) is 4.07. The molecule has 0 aliphatic carbocycles. The number of alkyl halides is 2. The zero-order valence-corrected chi connectivity index (χ0v) is 9.65. The van der Waals surface area contributed by atoms with E-state index < -0.39 is 13.0 Å². The number of hydrogen-bond donors (Lipinski definition) is 2. The average Bonchev–Trinajstić information content (AvgIpc) is 2.85. The molecule has 0 atom stereocenters. The monoisotopic (exact) mass is 254 g/mol. The van der Waals surface area contributed by atoms with Gasteiger partial charge in [0, 0.05) is 0 Å². The zero-order chi connectivity index (χ0) is 13.0. The molecule has 2 aromatic rings. The van der Waals surface area contributed by atoms with Gasteiger partial charge in [0.05, 0.1) is 19.2 Å². The van der Waals surface area contributed by atoms with Gasteiger partial charge in [0.2, 0.25) is 5.95 Å². The molecule has 1 aromatic heterocycles. The molecule has 0 saturated heterocycles. The van der Waals surface area contributed by atoms with Crippen LogP contribution in [0.4, 0.5) is 14.7 Å². The molecule has 0 bridgehead atoms. The first-order valence-electron chi connectivity index (χ1n) is 5.28. The van der Waals surface area contributed by atoms with Crippen LogP contribution >= 0.6 is 0 Å². The summed E-state index contributed by atoms with van der Waals surface area (Å²) < 4.78 is 29.2. The van der Waals surface area contributed by atoms with Crippen LogP contribution < -0.4 is 10.1 Å². The van der Waals surface area contributed by atoms with Crippen LogP contribution in [0, 0.1) is 0 Å². The van der Waals surface area contributed by atoms with E-state index in [4.69, 9.17) is 4.74 Å². The van der Waals surface area contributed by atoms with Crippen LogP contribution in [-0.4, -0.2) is 35.3 Å². The fourth-order valence-electron chi connectivity index (χ4n) is 1.47. The summed E-state index contributed by atoms with van der Waals surface area (Å²) in [5, 5.41) is 8.90. The molecular weight excluding hydrogens is 242 g/mol. The topological polar surface area (TPSA) is 62.8 Å². The maximum absolute atomic E-state index is 12.0. The van der Waals surface area contributed by atoms with Gasteiger partial charge in [-0.25, -0.2) is 8.78 Å². The van der Waals surface area contributed by atoms with Crippen molar-refractivity contribution in [3.8, 4) is 17.1 Å². The molecule has 0 unspecified atom stereocenters. The Labute approximate surface area is 102 Å². The number of methoxy groups -OCH3 is 1. The highest BCUT2D eigenvalue weighted by molar-refractivity contribution is 5.64. The van der Waals surface area contributed by atoms with Crippen molar-refractivity contribution < 1.29 is 13.5 Å². The Morgan fingerprint density at radius 2 is 2.17 bits per heavy atom. The lowest BCUT2D eigenvalue weighted by atomic mass is 10.2. The number of aromatic nitrogens is 3. The van der Waals surface area contributed by atoms with Gasteiger partial charge in [-0.15, -0.1) is 5.10 Å². The Morgan fingerprint density at radius 3 is 2.89 bits per heavy atom. The number of halogens is 2. The van der Waals surface area contributed by atoms with Crippen molar-refractivity contribution in [3.63, 3.8) is 0 Å². The fraction of sp³-hybridized carbons (Fsp3) is 0.273. The van der Waals surface area contributed by atoms with Crippen molar-refractivity contribution in [1.29, 1.82) is 0 Å². The maximum Gasteiger partial charge on any atom is 0.255 e. The highest BCUT2D eigenvalue weighted by Crippen LogP contribution is 2.26. The highest BCUT2D eigenvalue weighted by atomic mass is 19.3. The van der Waals surface area contributed by atoms with Crippen LogP contribution in [0.25, 0.3) is 11.4 Å². The van der Waals surface area contributed by atoms with Crippen molar-refractivity contribution in [2.75, 3.05) is 19.0 Å². The van der Waals surface area contributed by atoms with E-state index in [0.29, 0.717) is 11.6 Å². The molecule has 7 heteroatoms. The van der Waals surface area contributed by atoms with Gasteiger partial charge in [0.1, 0.15) is 5.75 Å². The zero-order valence-electron chi connectivity index (χ0n) is 9.65. The van der Waals surface area contributed by atoms with Crippen LogP contribution in [0.3, 0.4) is 0 Å². The van der Waals surface area contributed by atoms with Gasteiger partial charge >= 0.3 is 0 Å². The molecule has 0 fully saturated rings. The Balaban J connectivity index is 2.18. The van der Waals surface area contributed by atoms with Crippen molar-refractivity contribution >= 4 is 5.95 Å². The quantitative estimate of drug-likeness (QED) is 0.858. The second kappa shape index (κ2) is 5.44. The van der Waals surface area contributed by atoms with E-state index in [1.807, 2.05) is 12.1 Å². The first kappa shape index (κ1) is 12.3. The third-order valence-corrected chi connectivity index (χ3v) is 2.26. The van der Waals surface area contributed by atoms with Gasteiger partial charge < -0.3 is 10.1 Å². The maximum atomic E-state index is 12.0. The van der Waals surface area contributed by atoms with Gasteiger partial charge in [-0.3, -0.25) is 5.10 Å². The normalized spacial score (nSPS) is 10.7. The molecule has 18 heavy (non-hydrogen) atoms. The lowest BCUT2D eigenvalue weighted by Crippen LogP contribution is -2.11. The number of H-pyrrole nitrogens is 1. The minimum absolute atomic E-state index is 0.135. The van der Waals surface area contributed by atoms with Crippen molar-refractivity contribution in [2.24, 2.45) is 0 Å². The molecule has 0 radical (unpaired) electrons. The number of para-hydroxylation sites is 1. The van der Waals surface area contributed by atoms with E-state index in [9.17, 15) is 8.78 Å². The molecule has 96 valence electrons. The summed E-state index contributed by atoms with van der Waals surface area (Å²) in [5.41, 5.74) is 0.720. The number of nitrogens with zero attached hydrogens (tertiary/aromatic N) is 2. The molecule has 2 N–H and O–H groups in total. The SMILES string of the molecule is COc1ccccc1-c1nc(NCC(F)F)n[nH]1. The van der Waals surface area contributed by atoms with Crippen LogP contribution in [0.2, 0.25) is 0 Å². The number of nitrogens with one attached hydrogen (secondary N) is 2. The van der Waals surface area contributed by atoms with Crippen LogP contribution in [-0.2, 0) is 0 Å². The number of rotatable bonds is 5. The van der Waals surface area contributed by atoms with E-state index in [1.54, 1.807) is 19.2 Å². The predicted molar refractivity (Wildman–Crippen MR) is 62.9 cm³/mol. The van der Waals surface area contributed by atoms with Gasteiger partial charge in [-0.05, 0) is 12.1 Å². The number of aromatic amines is 1. The predicted octanol–water partition coefficient (Wildman–Crippen LogP) is 2.16. The minimum atomic E-state index is -2.45. The van der Waals surface area contributed by atoms with E-state index in [0.717, 1.165) is 5.56 Å². The summed E-state index contributed by atoms with van der Waals surface area (Å²) in [6, 6.07) is 7.24. The van der Waals surface area contributed by atoms with Gasteiger partial charge in [-0.2, -0.15) is 4.98 Å². The molecule has 5 nitrogen and oxygen atoms in total. The number of anilines is 1. The highest BCUT2D eigenvalue weighted by Gasteiger charge is 2.11. The summed E-state index contributed by atoms with van der Waals surface area (Å²) in [5.74, 6) is 1.23. The Morgan fingerprint density at radius 1 is 1.39 bits per heavy atom. The van der Waals surface area contributed by atoms with E-state index in [-0.39, 0.29) is 5.95 Å². The average molecular weight is 254 g/mol. The molecule has 0 saturated carbocycles. The lowest BCUT2D eigenvalue weighted by molar-refractivity contribution is 0.163. The van der Waals surface area contributed by atoms with Crippen LogP contribution in [0.15, 0.2) is 24.3 Å². The molecular formula is C11H12F2N4O. The molecule has 0 spiro atoms. The van der Waals surface area contributed by atoms with E-state index >= 15 is 0 Å². The van der Waals surface area contributed by atoms with Gasteiger partial charge in [0.25, 0.3) is 6.43 Å². The Bertz CT molecular complexity index is 515. The Hall–Kier alpha value is -2.18. The smallest absolute Gasteiger partial charge is 0.255 e. The van der Waals surface area contributed by atoms with E-state index in [1.165, 1.54) is 0 Å². The number of hydrogen-bond acceptors (Lipinski definition) is 4. The second-order valence-electron chi connectivity index (χ2n) is 3.48. The molecule has 0 aliphatic heterocycles. The second-order valence-corrected chi connectivity index (χ2v) is 3.48. The fourth-order valence-corrected chi connectivity index (χ4v) is 1.47. The van der Waals surface area contributed by atoms with Crippen molar-refractivity contribution in [2.45, 2.75) is 6.43 Å². The molecule has 0 aliphatic rings. The molecule has 1 aromatic carbocycles. The summed E-state index contributed by atoms with van der Waals surface area (Å²) in [7, 11) is 1.55. The summed E-state index contributed by atoms with van der Waals surface area (Å²) >= 11 is 0. The first-order valence-corrected chi connectivity index (χ1v) is 5.28. The third-order valence-electron chi connectivity index (χ3n) is 2.26. The molecule has 1 heterocycles. The lowest BCUT2D eigenvalue weighted by Gasteiger charge is -2.04. The van der Waals surface area contributed by atoms with Gasteiger partial charge in [-0.1, -0.05) is 12.1 Å². The first-order chi connectivity index (χ1) is 8.70. The van der Waals surface area contributed by atoms with Crippen LogP contribution in [0.1, 0.15) is 0 Å². The summed E-state index contributed by atoms with van der Waals surface area (Å²) in [6.07, 6.45) is -2.45.